The Balaban J connectivity index is 1.60. The van der Waals surface area contributed by atoms with E-state index in [1.165, 1.54) is 25.7 Å². The Labute approximate surface area is 140 Å². The molecule has 23 heavy (non-hydrogen) atoms. The molecule has 5 nitrogen and oxygen atoms in total. The summed E-state index contributed by atoms with van der Waals surface area (Å²) < 4.78 is 11.6. The van der Waals surface area contributed by atoms with Crippen molar-refractivity contribution in [2.24, 2.45) is 0 Å². The molecule has 0 aromatic carbocycles. The monoisotopic (exact) mass is 324 g/mol. The Morgan fingerprint density at radius 1 is 1.13 bits per heavy atom. The largest absolute Gasteiger partial charge is 0.444 e. The number of carbonyl (C=O) groups excluding carboxylic acids is 1. The fourth-order valence-corrected chi connectivity index (χ4v) is 4.26. The highest BCUT2D eigenvalue weighted by Crippen LogP contribution is 2.30. The predicted octanol–water partition coefficient (Wildman–Crippen LogP) is 3.03. The van der Waals surface area contributed by atoms with Crippen molar-refractivity contribution in [3.05, 3.63) is 0 Å². The van der Waals surface area contributed by atoms with Crippen LogP contribution in [0.2, 0.25) is 0 Å². The molecule has 0 radical (unpaired) electrons. The van der Waals surface area contributed by atoms with E-state index in [0.717, 1.165) is 39.1 Å². The van der Waals surface area contributed by atoms with Crippen molar-refractivity contribution in [3.8, 4) is 0 Å². The average molecular weight is 324 g/mol. The Bertz CT molecular complexity index is 419. The molecular weight excluding hydrogens is 292 g/mol. The topological polar surface area (TPSA) is 42.0 Å². The van der Waals surface area contributed by atoms with Crippen LogP contribution in [0.25, 0.3) is 0 Å². The number of ether oxygens (including phenoxy) is 2. The molecule has 0 spiro atoms. The number of amides is 1. The van der Waals surface area contributed by atoms with Crippen LogP contribution in [0.1, 0.15) is 59.3 Å². The molecule has 3 fully saturated rings. The van der Waals surface area contributed by atoms with E-state index in [9.17, 15) is 4.79 Å². The van der Waals surface area contributed by atoms with Crippen LogP contribution in [-0.2, 0) is 9.47 Å². The summed E-state index contributed by atoms with van der Waals surface area (Å²) in [5.74, 6) is 0. The number of morpholine rings is 1. The third-order valence-corrected chi connectivity index (χ3v) is 5.30. The standard InChI is InChI=1S/C18H32N2O3/c1-18(2,3)23-17(21)20-10-6-7-14(20)13-19-11-12-22-16-9-5-4-8-15(16)19/h14-16H,4-13H2,1-3H3/t14-,15+,16+/m1/s1. The van der Waals surface area contributed by atoms with Gasteiger partial charge in [0.05, 0.1) is 12.7 Å². The third kappa shape index (κ3) is 4.18. The Morgan fingerprint density at radius 3 is 2.70 bits per heavy atom. The van der Waals surface area contributed by atoms with E-state index in [1.807, 2.05) is 25.7 Å². The molecule has 0 unspecified atom stereocenters. The maximum Gasteiger partial charge on any atom is 0.410 e. The summed E-state index contributed by atoms with van der Waals surface area (Å²) in [6.45, 7) is 9.45. The zero-order chi connectivity index (χ0) is 16.4. The van der Waals surface area contributed by atoms with Crippen LogP contribution in [0.15, 0.2) is 0 Å². The SMILES string of the molecule is CC(C)(C)OC(=O)N1CCC[C@@H]1CN1CCO[C@H]2CCCC[C@@H]21. The van der Waals surface area contributed by atoms with Crippen molar-refractivity contribution in [1.29, 1.82) is 0 Å². The number of fused-ring (bicyclic) bond motifs is 1. The first kappa shape index (κ1) is 17.0. The Kier molecular flexibility index (Phi) is 5.16. The van der Waals surface area contributed by atoms with Crippen LogP contribution in [0.4, 0.5) is 4.79 Å². The molecule has 132 valence electrons. The van der Waals surface area contributed by atoms with Crippen LogP contribution >= 0.6 is 0 Å². The summed E-state index contributed by atoms with van der Waals surface area (Å²) in [6.07, 6.45) is 7.48. The molecule has 3 aliphatic rings. The third-order valence-electron chi connectivity index (χ3n) is 5.30. The summed E-state index contributed by atoms with van der Waals surface area (Å²) in [5.41, 5.74) is -0.419. The van der Waals surface area contributed by atoms with E-state index in [1.54, 1.807) is 0 Å². The first-order valence-electron chi connectivity index (χ1n) is 9.29. The van der Waals surface area contributed by atoms with Gasteiger partial charge in [0, 0.05) is 31.7 Å². The predicted molar refractivity (Wildman–Crippen MR) is 89.5 cm³/mol. The zero-order valence-corrected chi connectivity index (χ0v) is 14.9. The van der Waals surface area contributed by atoms with Gasteiger partial charge in [0.1, 0.15) is 5.60 Å². The highest BCUT2D eigenvalue weighted by molar-refractivity contribution is 5.69. The number of hydrogen-bond donors (Lipinski definition) is 0. The van der Waals surface area contributed by atoms with Gasteiger partial charge in [0.25, 0.3) is 0 Å². The fourth-order valence-electron chi connectivity index (χ4n) is 4.26. The van der Waals surface area contributed by atoms with Gasteiger partial charge in [0.2, 0.25) is 0 Å². The number of hydrogen-bond acceptors (Lipinski definition) is 4. The van der Waals surface area contributed by atoms with Gasteiger partial charge < -0.3 is 14.4 Å². The number of nitrogens with zero attached hydrogens (tertiary/aromatic N) is 2. The number of carbonyl (C=O) groups is 1. The molecule has 0 aromatic heterocycles. The van der Waals surface area contributed by atoms with Gasteiger partial charge >= 0.3 is 6.09 Å². The maximum atomic E-state index is 12.5. The molecule has 3 rings (SSSR count). The van der Waals surface area contributed by atoms with Crippen molar-refractivity contribution in [2.75, 3.05) is 26.2 Å². The second kappa shape index (κ2) is 6.98. The molecule has 0 N–H and O–H groups in total. The van der Waals surface area contributed by atoms with Crippen LogP contribution in [0.5, 0.6) is 0 Å². The van der Waals surface area contributed by atoms with Crippen molar-refractivity contribution >= 4 is 6.09 Å². The normalized spacial score (nSPS) is 32.7. The Hall–Kier alpha value is -0.810. The average Bonchev–Trinajstić information content (AvgIpc) is 2.94. The minimum atomic E-state index is -0.419. The molecule has 5 heteroatoms. The summed E-state index contributed by atoms with van der Waals surface area (Å²) >= 11 is 0. The lowest BCUT2D eigenvalue weighted by molar-refractivity contribution is -0.0927. The first-order chi connectivity index (χ1) is 10.9. The first-order valence-corrected chi connectivity index (χ1v) is 9.29. The summed E-state index contributed by atoms with van der Waals surface area (Å²) in [4.78, 5) is 17.0. The van der Waals surface area contributed by atoms with Gasteiger partial charge in [-0.1, -0.05) is 12.8 Å². The second-order valence-corrected chi connectivity index (χ2v) is 8.23. The minimum absolute atomic E-state index is 0.145. The van der Waals surface area contributed by atoms with Crippen molar-refractivity contribution < 1.29 is 14.3 Å². The summed E-state index contributed by atoms with van der Waals surface area (Å²) in [7, 11) is 0. The molecule has 2 saturated heterocycles. The maximum absolute atomic E-state index is 12.5. The molecule has 0 aromatic rings. The fraction of sp³-hybridized carbons (Fsp3) is 0.944. The van der Waals surface area contributed by atoms with Crippen molar-refractivity contribution in [3.63, 3.8) is 0 Å². The van der Waals surface area contributed by atoms with E-state index in [0.29, 0.717) is 18.2 Å². The van der Waals surface area contributed by atoms with E-state index < -0.39 is 5.60 Å². The molecule has 2 aliphatic heterocycles. The van der Waals surface area contributed by atoms with Gasteiger partial charge in [-0.15, -0.1) is 0 Å². The van der Waals surface area contributed by atoms with Crippen molar-refractivity contribution in [2.45, 2.75) is 83.1 Å². The molecule has 1 saturated carbocycles. The second-order valence-electron chi connectivity index (χ2n) is 8.23. The quantitative estimate of drug-likeness (QED) is 0.783. The molecular formula is C18H32N2O3. The van der Waals surface area contributed by atoms with Gasteiger partial charge in [-0.2, -0.15) is 0 Å². The molecule has 3 atom stereocenters. The van der Waals surface area contributed by atoms with E-state index >= 15 is 0 Å². The lowest BCUT2D eigenvalue weighted by Gasteiger charge is -2.45. The molecule has 1 amide bonds. The molecule has 1 aliphatic carbocycles. The summed E-state index contributed by atoms with van der Waals surface area (Å²) in [6, 6.07) is 0.851. The van der Waals surface area contributed by atoms with E-state index in [2.05, 4.69) is 4.90 Å². The lowest BCUT2D eigenvalue weighted by Crippen LogP contribution is -2.56. The number of rotatable bonds is 2. The Morgan fingerprint density at radius 2 is 1.91 bits per heavy atom. The summed E-state index contributed by atoms with van der Waals surface area (Å²) in [5, 5.41) is 0. The molecule has 2 heterocycles. The van der Waals surface area contributed by atoms with Crippen molar-refractivity contribution in [1.82, 2.24) is 9.80 Å². The van der Waals surface area contributed by atoms with Crippen LogP contribution < -0.4 is 0 Å². The number of likely N-dealkylation sites (tertiary alicyclic amines) is 1. The van der Waals surface area contributed by atoms with Gasteiger partial charge in [0.15, 0.2) is 0 Å². The highest BCUT2D eigenvalue weighted by atomic mass is 16.6. The van der Waals surface area contributed by atoms with Crippen LogP contribution in [0, 0.1) is 0 Å². The van der Waals surface area contributed by atoms with Gasteiger partial charge in [-0.05, 0) is 46.5 Å². The van der Waals surface area contributed by atoms with E-state index in [4.69, 9.17) is 9.47 Å². The smallest absolute Gasteiger partial charge is 0.410 e. The van der Waals surface area contributed by atoms with Crippen LogP contribution in [-0.4, -0.2) is 65.9 Å². The van der Waals surface area contributed by atoms with Crippen LogP contribution in [0.3, 0.4) is 0 Å². The molecule has 0 bridgehead atoms. The lowest BCUT2D eigenvalue weighted by atomic mass is 9.90. The highest BCUT2D eigenvalue weighted by Gasteiger charge is 2.38. The van der Waals surface area contributed by atoms with Gasteiger partial charge in [-0.25, -0.2) is 4.79 Å². The minimum Gasteiger partial charge on any atom is -0.444 e. The van der Waals surface area contributed by atoms with Gasteiger partial charge in [-0.3, -0.25) is 4.90 Å². The van der Waals surface area contributed by atoms with E-state index in [-0.39, 0.29) is 6.09 Å². The zero-order valence-electron chi connectivity index (χ0n) is 14.9.